The van der Waals surface area contributed by atoms with Gasteiger partial charge in [-0.15, -0.1) is 0 Å². The number of carbonyl (C=O) groups is 2. The van der Waals surface area contributed by atoms with Crippen molar-refractivity contribution < 1.29 is 32.8 Å². The van der Waals surface area contributed by atoms with Gasteiger partial charge in [0.2, 0.25) is 6.43 Å². The van der Waals surface area contributed by atoms with Crippen molar-refractivity contribution in [2.75, 3.05) is 13.7 Å². The maximum absolute atomic E-state index is 13.2. The highest BCUT2D eigenvalue weighted by Crippen LogP contribution is 2.31. The van der Waals surface area contributed by atoms with Crippen molar-refractivity contribution in [2.45, 2.75) is 38.8 Å². The van der Waals surface area contributed by atoms with E-state index in [2.05, 4.69) is 0 Å². The lowest BCUT2D eigenvalue weighted by atomic mass is 9.91. The highest BCUT2D eigenvalue weighted by Gasteiger charge is 2.30. The summed E-state index contributed by atoms with van der Waals surface area (Å²) in [6, 6.07) is 12.5. The van der Waals surface area contributed by atoms with Gasteiger partial charge in [0.15, 0.2) is 0 Å². The zero-order valence-electron chi connectivity index (χ0n) is 17.7. The van der Waals surface area contributed by atoms with Crippen LogP contribution in [0.3, 0.4) is 0 Å². The number of halogens is 2. The molecule has 0 N–H and O–H groups in total. The molecule has 2 rings (SSSR count). The summed E-state index contributed by atoms with van der Waals surface area (Å²) in [5.74, 6) is -2.20. The van der Waals surface area contributed by atoms with E-state index in [0.29, 0.717) is 0 Å². The van der Waals surface area contributed by atoms with Crippen molar-refractivity contribution in [1.29, 1.82) is 0 Å². The predicted octanol–water partition coefficient (Wildman–Crippen LogP) is 4.67. The summed E-state index contributed by atoms with van der Waals surface area (Å²) < 4.78 is 36.5. The minimum atomic E-state index is -2.80. The van der Waals surface area contributed by atoms with Crippen LogP contribution >= 0.6 is 0 Å². The quantitative estimate of drug-likeness (QED) is 0.296. The Hall–Kier alpha value is -3.56. The fourth-order valence-corrected chi connectivity index (χ4v) is 3.10. The summed E-state index contributed by atoms with van der Waals surface area (Å²) in [6.07, 6.45) is -4.33. The molecule has 8 nitrogen and oxygen atoms in total. The van der Waals surface area contributed by atoms with Crippen molar-refractivity contribution in [1.82, 2.24) is 4.90 Å². The standard InChI is InChI=1S/C22H24F2N2O6/c1-3-31-21(27)19(12-20(23)24)18-10-9-17(26(29)30)11-16(18)13-25(2)22(28)32-14-15-7-5-4-6-8-15/h4-11,19-20H,3,12-14H2,1-2H3/t19-/m1/s1. The average Bonchev–Trinajstić information content (AvgIpc) is 2.76. The number of nitro benzene ring substituents is 1. The normalized spacial score (nSPS) is 11.7. The maximum atomic E-state index is 13.2. The van der Waals surface area contributed by atoms with E-state index in [9.17, 15) is 28.5 Å². The number of hydrogen-bond donors (Lipinski definition) is 0. The Morgan fingerprint density at radius 2 is 1.81 bits per heavy atom. The van der Waals surface area contributed by atoms with Gasteiger partial charge >= 0.3 is 12.1 Å². The number of nitrogens with zero attached hydrogens (tertiary/aromatic N) is 2. The minimum absolute atomic E-state index is 0.00734. The Labute approximate surface area is 183 Å². The van der Waals surface area contributed by atoms with Crippen LogP contribution in [0.1, 0.15) is 36.0 Å². The van der Waals surface area contributed by atoms with Crippen LogP contribution in [0.25, 0.3) is 0 Å². The summed E-state index contributed by atoms with van der Waals surface area (Å²) in [6.45, 7) is 1.36. The lowest BCUT2D eigenvalue weighted by Crippen LogP contribution is -2.28. The van der Waals surface area contributed by atoms with Gasteiger partial charge in [0, 0.05) is 32.1 Å². The van der Waals surface area contributed by atoms with Crippen LogP contribution < -0.4 is 0 Å². The topological polar surface area (TPSA) is 99.0 Å². The molecule has 10 heteroatoms. The molecule has 0 unspecified atom stereocenters. The van der Waals surface area contributed by atoms with Crippen LogP contribution in [0.2, 0.25) is 0 Å². The highest BCUT2D eigenvalue weighted by atomic mass is 19.3. The lowest BCUT2D eigenvalue weighted by molar-refractivity contribution is -0.384. The molecule has 0 bridgehead atoms. The molecule has 2 aromatic rings. The molecular weight excluding hydrogens is 426 g/mol. The number of carbonyl (C=O) groups excluding carboxylic acids is 2. The lowest BCUT2D eigenvalue weighted by Gasteiger charge is -2.22. The van der Waals surface area contributed by atoms with E-state index in [1.54, 1.807) is 31.2 Å². The van der Waals surface area contributed by atoms with E-state index in [4.69, 9.17) is 9.47 Å². The number of benzene rings is 2. The number of hydrogen-bond acceptors (Lipinski definition) is 6. The Morgan fingerprint density at radius 3 is 2.41 bits per heavy atom. The van der Waals surface area contributed by atoms with Gasteiger partial charge in [-0.25, -0.2) is 13.6 Å². The number of rotatable bonds is 10. The molecular formula is C22H24F2N2O6. The molecule has 0 fully saturated rings. The third kappa shape index (κ3) is 7.00. The highest BCUT2D eigenvalue weighted by molar-refractivity contribution is 5.79. The van der Waals surface area contributed by atoms with Crippen molar-refractivity contribution in [2.24, 2.45) is 0 Å². The Balaban J connectivity index is 2.28. The van der Waals surface area contributed by atoms with Gasteiger partial charge in [0.05, 0.1) is 17.4 Å². The first-order valence-electron chi connectivity index (χ1n) is 9.86. The van der Waals surface area contributed by atoms with Crippen LogP contribution in [0.5, 0.6) is 0 Å². The predicted molar refractivity (Wildman–Crippen MR) is 111 cm³/mol. The molecule has 0 aliphatic heterocycles. The fraction of sp³-hybridized carbons (Fsp3) is 0.364. The second-order valence-electron chi connectivity index (χ2n) is 6.97. The molecule has 1 amide bonds. The van der Waals surface area contributed by atoms with Gasteiger partial charge in [-0.2, -0.15) is 0 Å². The zero-order valence-corrected chi connectivity index (χ0v) is 17.7. The maximum Gasteiger partial charge on any atom is 0.410 e. The van der Waals surface area contributed by atoms with Gasteiger partial charge in [-0.05, 0) is 23.6 Å². The first-order chi connectivity index (χ1) is 15.2. The summed E-state index contributed by atoms with van der Waals surface area (Å²) in [4.78, 5) is 36.4. The van der Waals surface area contributed by atoms with Crippen molar-refractivity contribution >= 4 is 17.7 Å². The first-order valence-corrected chi connectivity index (χ1v) is 9.86. The third-order valence-corrected chi connectivity index (χ3v) is 4.62. The molecule has 0 saturated heterocycles. The van der Waals surface area contributed by atoms with Gasteiger partial charge in [0.1, 0.15) is 6.61 Å². The van der Waals surface area contributed by atoms with Crippen molar-refractivity contribution in [3.8, 4) is 0 Å². The number of alkyl halides is 2. The smallest absolute Gasteiger partial charge is 0.410 e. The zero-order chi connectivity index (χ0) is 23.7. The second-order valence-corrected chi connectivity index (χ2v) is 6.97. The Morgan fingerprint density at radius 1 is 1.12 bits per heavy atom. The molecule has 0 aliphatic carbocycles. The molecule has 0 aromatic heterocycles. The summed E-state index contributed by atoms with van der Waals surface area (Å²) in [5.41, 5.74) is 0.785. The summed E-state index contributed by atoms with van der Waals surface area (Å²) in [5, 5.41) is 11.2. The van der Waals surface area contributed by atoms with Crippen molar-refractivity contribution in [3.63, 3.8) is 0 Å². The number of amides is 1. The Bertz CT molecular complexity index is 939. The van der Waals surface area contributed by atoms with Gasteiger partial charge in [-0.1, -0.05) is 36.4 Å². The molecule has 2 aromatic carbocycles. The van der Waals surface area contributed by atoms with Crippen LogP contribution in [0, 0.1) is 10.1 Å². The number of esters is 1. The third-order valence-electron chi connectivity index (χ3n) is 4.62. The summed E-state index contributed by atoms with van der Waals surface area (Å²) in [7, 11) is 1.41. The van der Waals surface area contributed by atoms with Crippen LogP contribution in [0.4, 0.5) is 19.3 Å². The molecule has 0 heterocycles. The van der Waals surface area contributed by atoms with Crippen molar-refractivity contribution in [3.05, 3.63) is 75.3 Å². The van der Waals surface area contributed by atoms with Gasteiger partial charge in [0.25, 0.3) is 5.69 Å². The monoisotopic (exact) mass is 450 g/mol. The van der Waals surface area contributed by atoms with Crippen LogP contribution in [-0.2, 0) is 27.4 Å². The number of non-ortho nitro benzene ring substituents is 1. The summed E-state index contributed by atoms with van der Waals surface area (Å²) >= 11 is 0. The molecule has 0 radical (unpaired) electrons. The van der Waals surface area contributed by atoms with E-state index >= 15 is 0 Å². The largest absolute Gasteiger partial charge is 0.466 e. The second kappa shape index (κ2) is 11.7. The van der Waals surface area contributed by atoms with Gasteiger partial charge in [-0.3, -0.25) is 14.9 Å². The van der Waals surface area contributed by atoms with E-state index in [1.807, 2.05) is 6.07 Å². The fourth-order valence-electron chi connectivity index (χ4n) is 3.10. The first kappa shape index (κ1) is 24.7. The molecule has 0 aliphatic rings. The van der Waals surface area contributed by atoms with E-state index in [0.717, 1.165) is 22.6 Å². The average molecular weight is 450 g/mol. The molecule has 0 spiro atoms. The minimum Gasteiger partial charge on any atom is -0.466 e. The Kier molecular flexibility index (Phi) is 9.06. The molecule has 1 atom stereocenters. The van der Waals surface area contributed by atoms with Crippen LogP contribution in [-0.4, -0.2) is 42.0 Å². The van der Waals surface area contributed by atoms with E-state index in [1.165, 1.54) is 13.1 Å². The van der Waals surface area contributed by atoms with Gasteiger partial charge < -0.3 is 14.4 Å². The number of nitro groups is 1. The molecule has 172 valence electrons. The molecule has 0 saturated carbocycles. The molecule has 32 heavy (non-hydrogen) atoms. The number of ether oxygens (including phenoxy) is 2. The van der Waals surface area contributed by atoms with Crippen LogP contribution in [0.15, 0.2) is 48.5 Å². The van der Waals surface area contributed by atoms with E-state index < -0.39 is 35.8 Å². The SMILES string of the molecule is CCOC(=O)[C@H](CC(F)F)c1ccc([N+](=O)[O-])cc1CN(C)C(=O)OCc1ccccc1. The van der Waals surface area contributed by atoms with E-state index in [-0.39, 0.29) is 36.6 Å².